The van der Waals surface area contributed by atoms with E-state index in [9.17, 15) is 0 Å². The van der Waals surface area contributed by atoms with Crippen molar-refractivity contribution in [2.24, 2.45) is 11.3 Å². The molecule has 1 saturated carbocycles. The van der Waals surface area contributed by atoms with Gasteiger partial charge in [-0.25, -0.2) is 0 Å². The Bertz CT molecular complexity index is 217. The molecule has 2 aliphatic rings. The van der Waals surface area contributed by atoms with Crippen molar-refractivity contribution in [1.82, 2.24) is 10.2 Å². The van der Waals surface area contributed by atoms with Crippen LogP contribution in [0, 0.1) is 11.3 Å². The molecule has 0 aromatic carbocycles. The lowest BCUT2D eigenvalue weighted by Crippen LogP contribution is -2.41. The lowest BCUT2D eigenvalue weighted by Gasteiger charge is -2.44. The summed E-state index contributed by atoms with van der Waals surface area (Å²) >= 11 is 0. The van der Waals surface area contributed by atoms with Gasteiger partial charge in [-0.05, 0) is 63.1 Å². The zero-order chi connectivity index (χ0) is 12.1. The molecule has 1 aliphatic heterocycles. The smallest absolute Gasteiger partial charge is 0.00380 e. The second-order valence-corrected chi connectivity index (χ2v) is 6.30. The highest BCUT2D eigenvalue weighted by molar-refractivity contribution is 4.91. The lowest BCUT2D eigenvalue weighted by atomic mass is 9.67. The fourth-order valence-electron chi connectivity index (χ4n) is 3.48. The van der Waals surface area contributed by atoms with Crippen molar-refractivity contribution in [2.75, 3.05) is 32.7 Å². The van der Waals surface area contributed by atoms with E-state index in [2.05, 4.69) is 24.1 Å². The molecule has 2 fully saturated rings. The molecule has 100 valence electrons. The molecule has 0 spiro atoms. The molecule has 1 aliphatic carbocycles. The Balaban J connectivity index is 1.67. The van der Waals surface area contributed by atoms with Gasteiger partial charge in [-0.1, -0.05) is 20.3 Å². The van der Waals surface area contributed by atoms with Crippen LogP contribution in [0.25, 0.3) is 0 Å². The van der Waals surface area contributed by atoms with Gasteiger partial charge in [0.2, 0.25) is 0 Å². The molecule has 0 amide bonds. The number of rotatable bonds is 7. The maximum atomic E-state index is 3.58. The Morgan fingerprint density at radius 1 is 1.29 bits per heavy atom. The molecule has 2 rings (SSSR count). The molecule has 1 unspecified atom stereocenters. The van der Waals surface area contributed by atoms with Crippen LogP contribution in [-0.2, 0) is 0 Å². The van der Waals surface area contributed by atoms with Gasteiger partial charge in [0.05, 0.1) is 0 Å². The van der Waals surface area contributed by atoms with Crippen molar-refractivity contribution in [2.45, 2.75) is 52.4 Å². The SMILES string of the molecule is CCCNCC1CCN(CC2(CC)CCC2)C1. The first-order chi connectivity index (χ1) is 8.28. The molecule has 0 radical (unpaired) electrons. The third-order valence-corrected chi connectivity index (χ3v) is 4.95. The van der Waals surface area contributed by atoms with E-state index in [1.54, 1.807) is 0 Å². The number of nitrogens with one attached hydrogen (secondary N) is 1. The zero-order valence-corrected chi connectivity index (χ0v) is 11.8. The maximum Gasteiger partial charge on any atom is 0.00380 e. The third kappa shape index (κ3) is 3.45. The van der Waals surface area contributed by atoms with Gasteiger partial charge in [-0.3, -0.25) is 0 Å². The van der Waals surface area contributed by atoms with E-state index in [1.807, 2.05) is 0 Å². The van der Waals surface area contributed by atoms with E-state index in [1.165, 1.54) is 71.2 Å². The summed E-state index contributed by atoms with van der Waals surface area (Å²) in [4.78, 5) is 2.74. The van der Waals surface area contributed by atoms with Crippen LogP contribution >= 0.6 is 0 Å². The normalized spacial score (nSPS) is 28.2. The Morgan fingerprint density at radius 3 is 2.71 bits per heavy atom. The van der Waals surface area contributed by atoms with Gasteiger partial charge in [-0.2, -0.15) is 0 Å². The van der Waals surface area contributed by atoms with Crippen LogP contribution in [0.15, 0.2) is 0 Å². The average Bonchev–Trinajstić information content (AvgIpc) is 2.72. The first-order valence-corrected chi connectivity index (χ1v) is 7.71. The third-order valence-electron chi connectivity index (χ3n) is 4.95. The summed E-state index contributed by atoms with van der Waals surface area (Å²) in [7, 11) is 0. The average molecular weight is 238 g/mol. The van der Waals surface area contributed by atoms with E-state index in [4.69, 9.17) is 0 Å². The molecular formula is C15H30N2. The summed E-state index contributed by atoms with van der Waals surface area (Å²) in [6.45, 7) is 11.1. The minimum absolute atomic E-state index is 0.714. The van der Waals surface area contributed by atoms with E-state index >= 15 is 0 Å². The highest BCUT2D eigenvalue weighted by atomic mass is 15.2. The van der Waals surface area contributed by atoms with Crippen molar-refractivity contribution >= 4 is 0 Å². The first-order valence-electron chi connectivity index (χ1n) is 7.71. The van der Waals surface area contributed by atoms with Crippen LogP contribution in [0.3, 0.4) is 0 Å². The van der Waals surface area contributed by atoms with Crippen LogP contribution in [0.1, 0.15) is 52.4 Å². The first kappa shape index (κ1) is 13.4. The summed E-state index contributed by atoms with van der Waals surface area (Å²) in [6, 6.07) is 0. The van der Waals surface area contributed by atoms with Gasteiger partial charge in [0, 0.05) is 13.1 Å². The molecule has 0 bridgehead atoms. The maximum absolute atomic E-state index is 3.58. The summed E-state index contributed by atoms with van der Waals surface area (Å²) in [5.74, 6) is 0.913. The fourth-order valence-corrected chi connectivity index (χ4v) is 3.48. The van der Waals surface area contributed by atoms with Crippen LogP contribution in [0.5, 0.6) is 0 Å². The van der Waals surface area contributed by atoms with Gasteiger partial charge in [-0.15, -0.1) is 0 Å². The number of hydrogen-bond acceptors (Lipinski definition) is 2. The Kier molecular flexibility index (Phi) is 4.87. The highest BCUT2D eigenvalue weighted by Crippen LogP contribution is 2.44. The highest BCUT2D eigenvalue weighted by Gasteiger charge is 2.38. The molecular weight excluding hydrogens is 208 g/mol. The minimum atomic E-state index is 0.714. The van der Waals surface area contributed by atoms with E-state index in [0.717, 1.165) is 5.92 Å². The van der Waals surface area contributed by atoms with E-state index in [-0.39, 0.29) is 0 Å². The van der Waals surface area contributed by atoms with Crippen LogP contribution in [-0.4, -0.2) is 37.6 Å². The summed E-state index contributed by atoms with van der Waals surface area (Å²) < 4.78 is 0. The van der Waals surface area contributed by atoms with Crippen LogP contribution < -0.4 is 5.32 Å². The Labute approximate surface area is 107 Å². The summed E-state index contributed by atoms with van der Waals surface area (Å²) in [6.07, 6.45) is 8.51. The molecule has 1 saturated heterocycles. The molecule has 2 heteroatoms. The Hall–Kier alpha value is -0.0800. The quantitative estimate of drug-likeness (QED) is 0.686. The molecule has 2 nitrogen and oxygen atoms in total. The molecule has 0 aromatic heterocycles. The Morgan fingerprint density at radius 2 is 2.12 bits per heavy atom. The molecule has 1 heterocycles. The monoisotopic (exact) mass is 238 g/mol. The van der Waals surface area contributed by atoms with Gasteiger partial charge in [0.15, 0.2) is 0 Å². The summed E-state index contributed by atoms with van der Waals surface area (Å²) in [5, 5.41) is 3.58. The van der Waals surface area contributed by atoms with Gasteiger partial charge >= 0.3 is 0 Å². The van der Waals surface area contributed by atoms with Crippen molar-refractivity contribution < 1.29 is 0 Å². The molecule has 1 N–H and O–H groups in total. The fraction of sp³-hybridized carbons (Fsp3) is 1.00. The zero-order valence-electron chi connectivity index (χ0n) is 11.8. The topological polar surface area (TPSA) is 15.3 Å². The van der Waals surface area contributed by atoms with E-state index in [0.29, 0.717) is 5.41 Å². The van der Waals surface area contributed by atoms with Crippen LogP contribution in [0.4, 0.5) is 0 Å². The number of likely N-dealkylation sites (tertiary alicyclic amines) is 1. The number of hydrogen-bond donors (Lipinski definition) is 1. The standard InChI is InChI=1S/C15H30N2/c1-3-9-16-11-14-6-10-17(12-14)13-15(4-2)7-5-8-15/h14,16H,3-13H2,1-2H3. The largest absolute Gasteiger partial charge is 0.316 e. The molecule has 17 heavy (non-hydrogen) atoms. The predicted octanol–water partition coefficient (Wildman–Crippen LogP) is 2.89. The second kappa shape index (κ2) is 6.19. The van der Waals surface area contributed by atoms with Gasteiger partial charge in [0.25, 0.3) is 0 Å². The van der Waals surface area contributed by atoms with Crippen LogP contribution in [0.2, 0.25) is 0 Å². The lowest BCUT2D eigenvalue weighted by molar-refractivity contribution is 0.0716. The van der Waals surface area contributed by atoms with Crippen molar-refractivity contribution in [1.29, 1.82) is 0 Å². The van der Waals surface area contributed by atoms with Crippen molar-refractivity contribution in [3.05, 3.63) is 0 Å². The molecule has 1 atom stereocenters. The number of nitrogens with zero attached hydrogens (tertiary/aromatic N) is 1. The van der Waals surface area contributed by atoms with Crippen molar-refractivity contribution in [3.63, 3.8) is 0 Å². The molecule has 0 aromatic rings. The van der Waals surface area contributed by atoms with Gasteiger partial charge in [0.1, 0.15) is 0 Å². The van der Waals surface area contributed by atoms with Crippen molar-refractivity contribution in [3.8, 4) is 0 Å². The predicted molar refractivity (Wildman–Crippen MR) is 74.3 cm³/mol. The second-order valence-electron chi connectivity index (χ2n) is 6.30. The van der Waals surface area contributed by atoms with Gasteiger partial charge < -0.3 is 10.2 Å². The minimum Gasteiger partial charge on any atom is -0.316 e. The summed E-state index contributed by atoms with van der Waals surface area (Å²) in [5.41, 5.74) is 0.714. The van der Waals surface area contributed by atoms with E-state index < -0.39 is 0 Å².